The molecule has 0 fully saturated rings. The van der Waals surface area contributed by atoms with E-state index in [4.69, 9.17) is 9.47 Å². The molecule has 0 aliphatic rings. The van der Waals surface area contributed by atoms with E-state index in [1.807, 2.05) is 0 Å². The number of halogens is 3. The number of nitro benzene ring substituents is 1. The number of rotatable bonds is 5. The maximum Gasteiger partial charge on any atom is 0.350 e. The Bertz CT molecular complexity index is 707. The van der Waals surface area contributed by atoms with Crippen LogP contribution in [0.3, 0.4) is 0 Å². The summed E-state index contributed by atoms with van der Waals surface area (Å²) in [7, 11) is 1.51. The van der Waals surface area contributed by atoms with Gasteiger partial charge in [-0.1, -0.05) is 12.1 Å². The number of hydrogen-bond acceptors (Lipinski definition) is 4. The Labute approximate surface area is 132 Å². The largest absolute Gasteiger partial charge is 0.497 e. The molecule has 116 valence electrons. The summed E-state index contributed by atoms with van der Waals surface area (Å²) in [5, 5.41) is 10.9. The van der Waals surface area contributed by atoms with Gasteiger partial charge in [0.25, 0.3) is 0 Å². The molecule has 0 aliphatic carbocycles. The molecule has 0 N–H and O–H groups in total. The minimum Gasteiger partial charge on any atom is -0.497 e. The van der Waals surface area contributed by atoms with E-state index < -0.39 is 28.0 Å². The normalized spacial score (nSPS) is 10.4. The lowest BCUT2D eigenvalue weighted by atomic mass is 10.2. The van der Waals surface area contributed by atoms with Crippen LogP contribution in [-0.2, 0) is 6.61 Å². The average molecular weight is 374 g/mol. The van der Waals surface area contributed by atoms with Crippen molar-refractivity contribution in [2.24, 2.45) is 0 Å². The number of methoxy groups -OCH3 is 1. The Kier molecular flexibility index (Phi) is 4.92. The fourth-order valence-corrected chi connectivity index (χ4v) is 2.13. The first-order valence-corrected chi connectivity index (χ1v) is 6.81. The summed E-state index contributed by atoms with van der Waals surface area (Å²) in [5.74, 6) is -2.32. The highest BCUT2D eigenvalue weighted by atomic mass is 79.9. The summed E-state index contributed by atoms with van der Waals surface area (Å²) in [6.07, 6.45) is 0. The van der Waals surface area contributed by atoms with Crippen LogP contribution in [0.1, 0.15) is 5.56 Å². The standard InChI is InChI=1S/C14H10BrF2NO4/c1-21-9-4-2-8(3-5-9)7-22-14-11(16)6-10(15)12(17)13(14)18(19)20/h2-6H,7H2,1H3. The Balaban J connectivity index is 2.28. The molecular weight excluding hydrogens is 364 g/mol. The van der Waals surface area contributed by atoms with Gasteiger partial charge in [-0.05, 0) is 39.7 Å². The van der Waals surface area contributed by atoms with Crippen LogP contribution in [0.2, 0.25) is 0 Å². The van der Waals surface area contributed by atoms with E-state index in [0.717, 1.165) is 6.07 Å². The molecule has 8 heteroatoms. The zero-order chi connectivity index (χ0) is 16.3. The van der Waals surface area contributed by atoms with Gasteiger partial charge in [-0.25, -0.2) is 4.39 Å². The SMILES string of the molecule is COc1ccc(COc2c(F)cc(Br)c(F)c2[N+](=O)[O-])cc1. The molecule has 0 amide bonds. The van der Waals surface area contributed by atoms with Gasteiger partial charge in [-0.2, -0.15) is 4.39 Å². The van der Waals surface area contributed by atoms with Gasteiger partial charge in [0.1, 0.15) is 12.4 Å². The summed E-state index contributed by atoms with van der Waals surface area (Å²) in [6, 6.07) is 7.40. The quantitative estimate of drug-likeness (QED) is 0.447. The van der Waals surface area contributed by atoms with Crippen molar-refractivity contribution in [2.75, 3.05) is 7.11 Å². The van der Waals surface area contributed by atoms with E-state index in [2.05, 4.69) is 15.9 Å². The number of hydrogen-bond donors (Lipinski definition) is 0. The predicted molar refractivity (Wildman–Crippen MR) is 78.0 cm³/mol. The highest BCUT2D eigenvalue weighted by molar-refractivity contribution is 9.10. The van der Waals surface area contributed by atoms with Crippen molar-refractivity contribution in [3.8, 4) is 11.5 Å². The van der Waals surface area contributed by atoms with Crippen LogP contribution in [0.15, 0.2) is 34.8 Å². The minimum atomic E-state index is -1.18. The molecule has 0 heterocycles. The summed E-state index contributed by atoms with van der Waals surface area (Å²) in [5.41, 5.74) is -0.418. The third-order valence-corrected chi connectivity index (χ3v) is 3.40. The lowest BCUT2D eigenvalue weighted by Crippen LogP contribution is -2.04. The second kappa shape index (κ2) is 6.69. The number of benzene rings is 2. The lowest BCUT2D eigenvalue weighted by Gasteiger charge is -2.09. The smallest absolute Gasteiger partial charge is 0.350 e. The van der Waals surface area contributed by atoms with Crippen molar-refractivity contribution < 1.29 is 23.2 Å². The van der Waals surface area contributed by atoms with Crippen molar-refractivity contribution >= 4 is 21.6 Å². The number of ether oxygens (including phenoxy) is 2. The van der Waals surface area contributed by atoms with Crippen LogP contribution < -0.4 is 9.47 Å². The van der Waals surface area contributed by atoms with Crippen molar-refractivity contribution in [1.82, 2.24) is 0 Å². The van der Waals surface area contributed by atoms with Gasteiger partial charge in [0.2, 0.25) is 11.6 Å². The molecule has 0 radical (unpaired) electrons. The van der Waals surface area contributed by atoms with Gasteiger partial charge in [-0.3, -0.25) is 10.1 Å². The fourth-order valence-electron chi connectivity index (χ4n) is 1.74. The maximum absolute atomic E-state index is 13.8. The summed E-state index contributed by atoms with van der Waals surface area (Å²) >= 11 is 2.72. The van der Waals surface area contributed by atoms with Crippen molar-refractivity contribution in [3.05, 3.63) is 62.1 Å². The van der Waals surface area contributed by atoms with E-state index >= 15 is 0 Å². The predicted octanol–water partition coefficient (Wildman–Crippen LogP) is 4.22. The molecule has 0 bridgehead atoms. The molecule has 2 aromatic carbocycles. The molecule has 0 spiro atoms. The first kappa shape index (κ1) is 16.2. The van der Waals surface area contributed by atoms with Gasteiger partial charge in [0.05, 0.1) is 16.5 Å². The summed E-state index contributed by atoms with van der Waals surface area (Å²) in [4.78, 5) is 9.90. The van der Waals surface area contributed by atoms with E-state index in [0.29, 0.717) is 11.3 Å². The third kappa shape index (κ3) is 3.33. The Morgan fingerprint density at radius 1 is 1.27 bits per heavy atom. The van der Waals surface area contributed by atoms with E-state index in [1.165, 1.54) is 7.11 Å². The molecule has 0 aliphatic heterocycles. The summed E-state index contributed by atoms with van der Waals surface area (Å²) < 4.78 is 37.3. The molecule has 2 rings (SSSR count). The molecule has 0 saturated heterocycles. The van der Waals surface area contributed by atoms with Gasteiger partial charge >= 0.3 is 5.69 Å². The first-order chi connectivity index (χ1) is 10.4. The molecule has 2 aromatic rings. The Hall–Kier alpha value is -2.22. The minimum absolute atomic E-state index is 0.150. The van der Waals surface area contributed by atoms with Gasteiger partial charge in [0.15, 0.2) is 5.82 Å². The third-order valence-electron chi connectivity index (χ3n) is 2.83. The molecular formula is C14H10BrF2NO4. The van der Waals surface area contributed by atoms with Gasteiger partial charge in [-0.15, -0.1) is 0 Å². The second-order valence-electron chi connectivity index (χ2n) is 4.23. The van der Waals surface area contributed by atoms with E-state index in [-0.39, 0.29) is 11.1 Å². The lowest BCUT2D eigenvalue weighted by molar-refractivity contribution is -0.388. The van der Waals surface area contributed by atoms with Crippen LogP contribution in [0.4, 0.5) is 14.5 Å². The maximum atomic E-state index is 13.8. The molecule has 5 nitrogen and oxygen atoms in total. The van der Waals surface area contributed by atoms with Crippen molar-refractivity contribution in [3.63, 3.8) is 0 Å². The highest BCUT2D eigenvalue weighted by Crippen LogP contribution is 2.37. The van der Waals surface area contributed by atoms with Crippen LogP contribution in [-0.4, -0.2) is 12.0 Å². The van der Waals surface area contributed by atoms with Gasteiger partial charge < -0.3 is 9.47 Å². The zero-order valence-corrected chi connectivity index (χ0v) is 12.9. The monoisotopic (exact) mass is 373 g/mol. The average Bonchev–Trinajstić information content (AvgIpc) is 2.49. The molecule has 22 heavy (non-hydrogen) atoms. The van der Waals surface area contributed by atoms with Crippen LogP contribution in [0.25, 0.3) is 0 Å². The van der Waals surface area contributed by atoms with Gasteiger partial charge in [0, 0.05) is 0 Å². The van der Waals surface area contributed by atoms with Crippen molar-refractivity contribution in [2.45, 2.75) is 6.61 Å². The second-order valence-corrected chi connectivity index (χ2v) is 5.08. The van der Waals surface area contributed by atoms with Crippen LogP contribution in [0, 0.1) is 21.7 Å². The first-order valence-electron chi connectivity index (χ1n) is 6.01. The Morgan fingerprint density at radius 3 is 2.45 bits per heavy atom. The topological polar surface area (TPSA) is 61.6 Å². The van der Waals surface area contributed by atoms with Crippen LogP contribution in [0.5, 0.6) is 11.5 Å². The summed E-state index contributed by atoms with van der Waals surface area (Å²) in [6.45, 7) is -0.150. The van der Waals surface area contributed by atoms with Crippen LogP contribution >= 0.6 is 15.9 Å². The molecule has 0 aromatic heterocycles. The zero-order valence-electron chi connectivity index (χ0n) is 11.3. The number of nitrogens with zero attached hydrogens (tertiary/aromatic N) is 1. The Morgan fingerprint density at radius 2 is 1.91 bits per heavy atom. The molecule has 0 unspecified atom stereocenters. The molecule has 0 atom stereocenters. The van der Waals surface area contributed by atoms with Crippen molar-refractivity contribution in [1.29, 1.82) is 0 Å². The number of nitro groups is 1. The highest BCUT2D eigenvalue weighted by Gasteiger charge is 2.28. The van der Waals surface area contributed by atoms with E-state index in [1.54, 1.807) is 24.3 Å². The fraction of sp³-hybridized carbons (Fsp3) is 0.143. The molecule has 0 saturated carbocycles. The van der Waals surface area contributed by atoms with E-state index in [9.17, 15) is 18.9 Å².